The van der Waals surface area contributed by atoms with Crippen LogP contribution in [0, 0.1) is 0 Å². The van der Waals surface area contributed by atoms with Gasteiger partial charge in [0, 0.05) is 0 Å². The highest BCUT2D eigenvalue weighted by molar-refractivity contribution is 5.39. The van der Waals surface area contributed by atoms with Crippen molar-refractivity contribution in [3.63, 3.8) is 0 Å². The van der Waals surface area contributed by atoms with Crippen molar-refractivity contribution < 1.29 is 9.47 Å². The fraction of sp³-hybridized carbons (Fsp3) is 0.333. The molecule has 2 nitrogen and oxygen atoms in total. The van der Waals surface area contributed by atoms with Gasteiger partial charge in [0.1, 0.15) is 6.61 Å². The van der Waals surface area contributed by atoms with E-state index in [4.69, 9.17) is 9.47 Å². The summed E-state index contributed by atoms with van der Waals surface area (Å²) >= 11 is 0. The van der Waals surface area contributed by atoms with Gasteiger partial charge in [0.15, 0.2) is 11.5 Å². The molecule has 3 rings (SSSR count). The van der Waals surface area contributed by atoms with Crippen LogP contribution in [-0.2, 0) is 6.61 Å². The van der Waals surface area contributed by atoms with E-state index in [0.717, 1.165) is 24.3 Å². The molecule has 1 saturated carbocycles. The van der Waals surface area contributed by atoms with Crippen LogP contribution < -0.4 is 9.47 Å². The smallest absolute Gasteiger partial charge is 0.161 e. The Morgan fingerprint density at radius 3 is 2.20 bits per heavy atom. The highest BCUT2D eigenvalue weighted by atomic mass is 16.5. The molecule has 0 saturated heterocycles. The summed E-state index contributed by atoms with van der Waals surface area (Å²) in [6.45, 7) is 0.575. The van der Waals surface area contributed by atoms with Crippen molar-refractivity contribution in [3.8, 4) is 11.5 Å². The van der Waals surface area contributed by atoms with Crippen molar-refractivity contribution in [2.24, 2.45) is 0 Å². The lowest BCUT2D eigenvalue weighted by Gasteiger charge is -2.16. The molecule has 20 heavy (non-hydrogen) atoms. The first-order valence-corrected chi connectivity index (χ1v) is 7.34. The van der Waals surface area contributed by atoms with Crippen molar-refractivity contribution >= 4 is 0 Å². The van der Waals surface area contributed by atoms with Crippen molar-refractivity contribution in [2.45, 2.75) is 38.4 Å². The molecule has 0 spiro atoms. The Hall–Kier alpha value is -1.96. The first kappa shape index (κ1) is 13.0. The third kappa shape index (κ3) is 3.32. The average molecular weight is 268 g/mol. The van der Waals surface area contributed by atoms with Crippen LogP contribution in [0.25, 0.3) is 0 Å². The Morgan fingerprint density at radius 2 is 1.45 bits per heavy atom. The van der Waals surface area contributed by atoms with Gasteiger partial charge in [-0.05, 0) is 43.4 Å². The van der Waals surface area contributed by atoms with Crippen LogP contribution >= 0.6 is 0 Å². The number of rotatable bonds is 5. The lowest BCUT2D eigenvalue weighted by molar-refractivity contribution is 0.193. The highest BCUT2D eigenvalue weighted by Crippen LogP contribution is 2.31. The number of para-hydroxylation sites is 2. The van der Waals surface area contributed by atoms with Crippen LogP contribution in [0.5, 0.6) is 11.5 Å². The second kappa shape index (κ2) is 6.47. The summed E-state index contributed by atoms with van der Waals surface area (Å²) < 4.78 is 12.0. The molecule has 1 aliphatic carbocycles. The maximum absolute atomic E-state index is 6.07. The predicted octanol–water partition coefficient (Wildman–Crippen LogP) is 4.59. The summed E-state index contributed by atoms with van der Waals surface area (Å²) in [6, 6.07) is 18.2. The van der Waals surface area contributed by atoms with E-state index in [-0.39, 0.29) is 0 Å². The zero-order valence-electron chi connectivity index (χ0n) is 11.6. The normalized spacial score (nSPS) is 15.2. The molecule has 0 aromatic heterocycles. The van der Waals surface area contributed by atoms with Gasteiger partial charge in [0.2, 0.25) is 0 Å². The molecule has 0 heterocycles. The van der Waals surface area contributed by atoms with Crippen LogP contribution in [0.3, 0.4) is 0 Å². The van der Waals surface area contributed by atoms with Crippen LogP contribution in [0.4, 0.5) is 0 Å². The predicted molar refractivity (Wildman–Crippen MR) is 80.1 cm³/mol. The van der Waals surface area contributed by atoms with E-state index >= 15 is 0 Å². The van der Waals surface area contributed by atoms with Gasteiger partial charge in [-0.25, -0.2) is 0 Å². The van der Waals surface area contributed by atoms with Gasteiger partial charge in [-0.2, -0.15) is 0 Å². The van der Waals surface area contributed by atoms with Crippen molar-refractivity contribution in [1.82, 2.24) is 0 Å². The molecule has 0 unspecified atom stereocenters. The van der Waals surface area contributed by atoms with E-state index in [0.29, 0.717) is 12.7 Å². The monoisotopic (exact) mass is 268 g/mol. The molecule has 0 bridgehead atoms. The minimum absolute atomic E-state index is 0.358. The van der Waals surface area contributed by atoms with Gasteiger partial charge in [-0.15, -0.1) is 0 Å². The topological polar surface area (TPSA) is 18.5 Å². The van der Waals surface area contributed by atoms with E-state index in [9.17, 15) is 0 Å². The fourth-order valence-corrected chi connectivity index (χ4v) is 2.59. The Kier molecular flexibility index (Phi) is 4.22. The van der Waals surface area contributed by atoms with Crippen LogP contribution in [0.15, 0.2) is 54.6 Å². The van der Waals surface area contributed by atoms with E-state index in [1.165, 1.54) is 18.4 Å². The fourth-order valence-electron chi connectivity index (χ4n) is 2.59. The Bertz CT molecular complexity index is 530. The average Bonchev–Trinajstić information content (AvgIpc) is 3.00. The first-order chi connectivity index (χ1) is 9.92. The summed E-state index contributed by atoms with van der Waals surface area (Å²) in [6.07, 6.45) is 5.23. The summed E-state index contributed by atoms with van der Waals surface area (Å²) in [5.74, 6) is 1.71. The summed E-state index contributed by atoms with van der Waals surface area (Å²) in [7, 11) is 0. The number of hydrogen-bond acceptors (Lipinski definition) is 2. The van der Waals surface area contributed by atoms with E-state index in [1.54, 1.807) is 0 Å². The van der Waals surface area contributed by atoms with Gasteiger partial charge >= 0.3 is 0 Å². The van der Waals surface area contributed by atoms with Crippen molar-refractivity contribution in [3.05, 3.63) is 60.2 Å². The molecule has 0 N–H and O–H groups in total. The molecule has 2 aromatic carbocycles. The summed E-state index contributed by atoms with van der Waals surface area (Å²) in [5, 5.41) is 0. The van der Waals surface area contributed by atoms with Gasteiger partial charge < -0.3 is 9.47 Å². The van der Waals surface area contributed by atoms with Crippen molar-refractivity contribution in [1.29, 1.82) is 0 Å². The highest BCUT2D eigenvalue weighted by Gasteiger charge is 2.18. The van der Waals surface area contributed by atoms with E-state index < -0.39 is 0 Å². The standard InChI is InChI=1S/C18H20O2/c1-2-8-15(9-3-1)14-19-17-12-6-7-13-18(17)20-16-10-4-5-11-16/h1-3,6-9,12-13,16H,4-5,10-11,14H2. The maximum Gasteiger partial charge on any atom is 0.161 e. The van der Waals surface area contributed by atoms with Gasteiger partial charge in [-0.3, -0.25) is 0 Å². The second-order valence-electron chi connectivity index (χ2n) is 5.25. The van der Waals surface area contributed by atoms with Crippen LogP contribution in [-0.4, -0.2) is 6.10 Å². The number of ether oxygens (including phenoxy) is 2. The first-order valence-electron chi connectivity index (χ1n) is 7.34. The van der Waals surface area contributed by atoms with Gasteiger partial charge in [-0.1, -0.05) is 42.5 Å². The zero-order chi connectivity index (χ0) is 13.6. The van der Waals surface area contributed by atoms with Gasteiger partial charge in [0.25, 0.3) is 0 Å². The lowest BCUT2D eigenvalue weighted by atomic mass is 10.2. The Balaban J connectivity index is 1.66. The molecule has 0 amide bonds. The number of benzene rings is 2. The molecule has 1 aliphatic rings. The third-order valence-electron chi connectivity index (χ3n) is 3.68. The molecule has 2 aromatic rings. The molecule has 0 aliphatic heterocycles. The van der Waals surface area contributed by atoms with Crippen molar-refractivity contribution in [2.75, 3.05) is 0 Å². The summed E-state index contributed by atoms with van der Waals surface area (Å²) in [5.41, 5.74) is 1.17. The number of hydrogen-bond donors (Lipinski definition) is 0. The zero-order valence-corrected chi connectivity index (χ0v) is 11.6. The Labute approximate surface area is 120 Å². The quantitative estimate of drug-likeness (QED) is 0.789. The van der Waals surface area contributed by atoms with E-state index in [1.807, 2.05) is 42.5 Å². The minimum Gasteiger partial charge on any atom is -0.487 e. The lowest BCUT2D eigenvalue weighted by Crippen LogP contribution is -2.11. The Morgan fingerprint density at radius 1 is 0.800 bits per heavy atom. The largest absolute Gasteiger partial charge is 0.487 e. The maximum atomic E-state index is 6.07. The molecule has 2 heteroatoms. The molecular weight excluding hydrogens is 248 g/mol. The SMILES string of the molecule is c1ccc(COc2ccccc2OC2CCCC2)cc1. The second-order valence-corrected chi connectivity index (χ2v) is 5.25. The molecule has 1 fully saturated rings. The summed E-state index contributed by atoms with van der Waals surface area (Å²) in [4.78, 5) is 0. The van der Waals surface area contributed by atoms with Crippen LogP contribution in [0.1, 0.15) is 31.2 Å². The molecule has 104 valence electrons. The third-order valence-corrected chi connectivity index (χ3v) is 3.68. The van der Waals surface area contributed by atoms with E-state index in [2.05, 4.69) is 12.1 Å². The van der Waals surface area contributed by atoms with Gasteiger partial charge in [0.05, 0.1) is 6.10 Å². The minimum atomic E-state index is 0.358. The van der Waals surface area contributed by atoms with Crippen LogP contribution in [0.2, 0.25) is 0 Å². The molecule has 0 radical (unpaired) electrons. The molecular formula is C18H20O2. The molecule has 0 atom stereocenters.